The minimum Gasteiger partial charge on any atom is -0.480 e. The lowest BCUT2D eigenvalue weighted by atomic mass is 9.91. The summed E-state index contributed by atoms with van der Waals surface area (Å²) in [5.74, 6) is -0.403. The maximum atomic E-state index is 12.0. The molecule has 2 rings (SSSR count). The highest BCUT2D eigenvalue weighted by atomic mass is 16.5. The number of likely N-dealkylation sites (N-methyl/N-ethyl adjacent to an activating group) is 1. The number of hydrogen-bond donors (Lipinski definition) is 2. The first-order valence-electron chi connectivity index (χ1n) is 7.77. The second-order valence-electron chi connectivity index (χ2n) is 6.34. The van der Waals surface area contributed by atoms with E-state index in [-0.39, 0.29) is 12.0 Å². The average molecular weight is 284 g/mol. The summed E-state index contributed by atoms with van der Waals surface area (Å²) in [6.07, 6.45) is 4.29. The van der Waals surface area contributed by atoms with Gasteiger partial charge in [-0.1, -0.05) is 6.92 Å². The van der Waals surface area contributed by atoms with E-state index in [2.05, 4.69) is 24.1 Å². The fourth-order valence-corrected chi connectivity index (χ4v) is 3.01. The Hall–Kier alpha value is -0.650. The van der Waals surface area contributed by atoms with Gasteiger partial charge in [-0.2, -0.15) is 0 Å². The molecule has 0 radical (unpaired) electrons. The molecule has 2 unspecified atom stereocenters. The molecule has 0 aromatic carbocycles. The summed E-state index contributed by atoms with van der Waals surface area (Å²) in [5, 5.41) is 13.3. The van der Waals surface area contributed by atoms with Gasteiger partial charge in [0.05, 0.1) is 6.61 Å². The Bertz CT molecular complexity index is 342. The first kappa shape index (κ1) is 15.7. The zero-order chi connectivity index (χ0) is 14.8. The van der Waals surface area contributed by atoms with Crippen molar-refractivity contribution in [3.05, 3.63) is 0 Å². The van der Waals surface area contributed by atoms with Gasteiger partial charge in [-0.25, -0.2) is 0 Å². The van der Waals surface area contributed by atoms with E-state index in [0.717, 1.165) is 32.2 Å². The number of hydrogen-bond acceptors (Lipinski definition) is 4. The molecule has 0 saturated heterocycles. The van der Waals surface area contributed by atoms with Crippen LogP contribution in [0.3, 0.4) is 0 Å². The molecule has 5 nitrogen and oxygen atoms in total. The fraction of sp³-hybridized carbons (Fsp3) is 0.933. The van der Waals surface area contributed by atoms with Crippen LogP contribution >= 0.6 is 0 Å². The molecule has 0 aliphatic heterocycles. The van der Waals surface area contributed by atoms with Crippen LogP contribution in [0.5, 0.6) is 0 Å². The molecular weight excluding hydrogens is 256 g/mol. The molecular formula is C15H28N2O3. The van der Waals surface area contributed by atoms with Crippen molar-refractivity contribution in [2.45, 2.75) is 57.2 Å². The highest BCUT2D eigenvalue weighted by Crippen LogP contribution is 2.42. The van der Waals surface area contributed by atoms with Crippen molar-refractivity contribution in [1.82, 2.24) is 10.2 Å². The second-order valence-corrected chi connectivity index (χ2v) is 6.34. The molecule has 2 atom stereocenters. The van der Waals surface area contributed by atoms with Gasteiger partial charge in [0, 0.05) is 25.7 Å². The van der Waals surface area contributed by atoms with Gasteiger partial charge in [-0.3, -0.25) is 15.0 Å². The molecule has 0 heterocycles. The van der Waals surface area contributed by atoms with E-state index >= 15 is 0 Å². The Morgan fingerprint density at radius 1 is 1.45 bits per heavy atom. The molecule has 5 heteroatoms. The van der Waals surface area contributed by atoms with Crippen LogP contribution in [0.2, 0.25) is 0 Å². The average Bonchev–Trinajstić information content (AvgIpc) is 3.27. The maximum Gasteiger partial charge on any atom is 0.325 e. The van der Waals surface area contributed by atoms with Crippen molar-refractivity contribution < 1.29 is 14.6 Å². The van der Waals surface area contributed by atoms with Crippen LogP contribution < -0.4 is 5.32 Å². The number of carboxylic acid groups (broad SMARTS) is 1. The van der Waals surface area contributed by atoms with Crippen LogP contribution in [0.4, 0.5) is 0 Å². The van der Waals surface area contributed by atoms with Crippen LogP contribution in [0, 0.1) is 5.92 Å². The van der Waals surface area contributed by atoms with Crippen molar-refractivity contribution in [2.24, 2.45) is 5.92 Å². The highest BCUT2D eigenvalue weighted by Gasteiger charge is 2.54. The summed E-state index contributed by atoms with van der Waals surface area (Å²) >= 11 is 0. The summed E-state index contributed by atoms with van der Waals surface area (Å²) in [5.41, 5.74) is -0.765. The lowest BCUT2D eigenvalue weighted by Gasteiger charge is -2.38. The van der Waals surface area contributed by atoms with Gasteiger partial charge in [0.1, 0.15) is 5.54 Å². The number of nitrogens with one attached hydrogen (secondary N) is 1. The normalized spacial score (nSPS) is 23.6. The third kappa shape index (κ3) is 3.51. The molecule has 2 fully saturated rings. The molecule has 0 spiro atoms. The Balaban J connectivity index is 2.10. The van der Waals surface area contributed by atoms with E-state index in [9.17, 15) is 9.90 Å². The molecule has 2 aliphatic rings. The number of aliphatic carboxylic acids is 1. The largest absolute Gasteiger partial charge is 0.480 e. The van der Waals surface area contributed by atoms with Crippen molar-refractivity contribution in [3.63, 3.8) is 0 Å². The standard InChI is InChI=1S/C15H28N2O3/c1-4-17(11(2)9-20-3)10-15(14(18)19,12-5-6-12)16-13-7-8-13/h11-13,16H,4-10H2,1-3H3,(H,18,19). The molecule has 2 N–H and O–H groups in total. The third-order valence-electron chi connectivity index (χ3n) is 4.58. The first-order valence-corrected chi connectivity index (χ1v) is 7.77. The fourth-order valence-electron chi connectivity index (χ4n) is 3.01. The smallest absolute Gasteiger partial charge is 0.325 e. The summed E-state index contributed by atoms with van der Waals surface area (Å²) in [6.45, 7) is 6.24. The van der Waals surface area contributed by atoms with E-state index in [1.165, 1.54) is 0 Å². The molecule has 0 aromatic rings. The lowest BCUT2D eigenvalue weighted by Crippen LogP contribution is -2.62. The predicted octanol–water partition coefficient (Wildman–Crippen LogP) is 1.33. The Morgan fingerprint density at radius 3 is 2.50 bits per heavy atom. The predicted molar refractivity (Wildman–Crippen MR) is 77.8 cm³/mol. The van der Waals surface area contributed by atoms with Gasteiger partial charge in [0.15, 0.2) is 0 Å². The van der Waals surface area contributed by atoms with E-state index in [1.807, 2.05) is 0 Å². The Kier molecular flexibility index (Phi) is 5.04. The SMILES string of the molecule is CCN(CC(NC1CC1)(C(=O)O)C1CC1)C(C)COC. The van der Waals surface area contributed by atoms with Crippen LogP contribution in [0.25, 0.3) is 0 Å². The molecule has 0 amide bonds. The lowest BCUT2D eigenvalue weighted by molar-refractivity contribution is -0.147. The van der Waals surface area contributed by atoms with Gasteiger partial charge in [0.2, 0.25) is 0 Å². The number of nitrogens with zero attached hydrogens (tertiary/aromatic N) is 1. The Morgan fingerprint density at radius 2 is 2.10 bits per heavy atom. The van der Waals surface area contributed by atoms with E-state index in [1.54, 1.807) is 7.11 Å². The monoisotopic (exact) mass is 284 g/mol. The van der Waals surface area contributed by atoms with Gasteiger partial charge in [0.25, 0.3) is 0 Å². The Labute approximate surface area is 121 Å². The molecule has 0 bridgehead atoms. The number of rotatable bonds is 10. The van der Waals surface area contributed by atoms with Crippen LogP contribution in [0.15, 0.2) is 0 Å². The van der Waals surface area contributed by atoms with Crippen molar-refractivity contribution >= 4 is 5.97 Å². The summed E-state index contributed by atoms with van der Waals surface area (Å²) in [4.78, 5) is 14.2. The van der Waals surface area contributed by atoms with Crippen molar-refractivity contribution in [2.75, 3.05) is 26.8 Å². The van der Waals surface area contributed by atoms with Gasteiger partial charge >= 0.3 is 5.97 Å². The quantitative estimate of drug-likeness (QED) is 0.634. The van der Waals surface area contributed by atoms with Crippen molar-refractivity contribution in [1.29, 1.82) is 0 Å². The maximum absolute atomic E-state index is 12.0. The number of carboxylic acids is 1. The first-order chi connectivity index (χ1) is 9.53. The third-order valence-corrected chi connectivity index (χ3v) is 4.58. The van der Waals surface area contributed by atoms with Crippen molar-refractivity contribution in [3.8, 4) is 0 Å². The molecule has 0 aromatic heterocycles. The zero-order valence-corrected chi connectivity index (χ0v) is 12.9. The molecule has 20 heavy (non-hydrogen) atoms. The minimum absolute atomic E-state index is 0.239. The summed E-state index contributed by atoms with van der Waals surface area (Å²) in [7, 11) is 1.69. The van der Waals surface area contributed by atoms with Crippen LogP contribution in [-0.4, -0.2) is 60.4 Å². The van der Waals surface area contributed by atoms with Gasteiger partial charge in [-0.15, -0.1) is 0 Å². The molecule has 116 valence electrons. The number of methoxy groups -OCH3 is 1. The van der Waals surface area contributed by atoms with Crippen LogP contribution in [0.1, 0.15) is 39.5 Å². The van der Waals surface area contributed by atoms with Gasteiger partial charge in [-0.05, 0) is 45.1 Å². The van der Waals surface area contributed by atoms with Crippen LogP contribution in [-0.2, 0) is 9.53 Å². The second kappa shape index (κ2) is 6.41. The topological polar surface area (TPSA) is 61.8 Å². The highest BCUT2D eigenvalue weighted by molar-refractivity contribution is 5.80. The summed E-state index contributed by atoms with van der Waals surface area (Å²) in [6, 6.07) is 0.645. The van der Waals surface area contributed by atoms with E-state index in [0.29, 0.717) is 19.2 Å². The summed E-state index contributed by atoms with van der Waals surface area (Å²) < 4.78 is 5.22. The molecule has 2 aliphatic carbocycles. The zero-order valence-electron chi connectivity index (χ0n) is 12.9. The van der Waals surface area contributed by atoms with Gasteiger partial charge < -0.3 is 9.84 Å². The number of ether oxygens (including phenoxy) is 1. The minimum atomic E-state index is -0.765. The molecule has 2 saturated carbocycles. The van der Waals surface area contributed by atoms with E-state index < -0.39 is 11.5 Å². The van der Waals surface area contributed by atoms with E-state index in [4.69, 9.17) is 4.74 Å². The number of carbonyl (C=O) groups is 1.